The summed E-state index contributed by atoms with van der Waals surface area (Å²) < 4.78 is 0. The molecule has 3 rings (SSSR count). The van der Waals surface area contributed by atoms with Crippen LogP contribution in [-0.4, -0.2) is 23.4 Å². The molecule has 0 saturated carbocycles. The lowest BCUT2D eigenvalue weighted by atomic mass is 10.2. The highest BCUT2D eigenvalue weighted by atomic mass is 16.2. The van der Waals surface area contributed by atoms with E-state index in [9.17, 15) is 4.79 Å². The Hall–Kier alpha value is -3.08. The molecule has 0 unspecified atom stereocenters. The van der Waals surface area contributed by atoms with Gasteiger partial charge in [0.1, 0.15) is 5.69 Å². The number of aromatic amines is 1. The lowest BCUT2D eigenvalue weighted by Crippen LogP contribution is -2.37. The van der Waals surface area contributed by atoms with Crippen LogP contribution in [0.1, 0.15) is 16.1 Å². The number of nitrogens with two attached hydrogens (primary N) is 1. The maximum absolute atomic E-state index is 12.2. The fourth-order valence-electron chi connectivity index (χ4n) is 2.37. The maximum Gasteiger partial charge on any atom is 0.274 e. The molecule has 0 aliphatic carbocycles. The summed E-state index contributed by atoms with van der Waals surface area (Å²) >= 11 is 0. The first kappa shape index (κ1) is 14.8. The Labute approximate surface area is 134 Å². The first-order valence-corrected chi connectivity index (χ1v) is 7.45. The van der Waals surface area contributed by atoms with Gasteiger partial charge in [-0.25, -0.2) is 0 Å². The standard InChI is InChI=1S/C18H18N4O/c19-18(20-11-10-13-6-2-1-3-7-13)22-17(23)16-12-14-8-4-5-9-15(14)21-16/h1-9,12,21H,10-11H2,(H3,19,20,22,23). The van der Waals surface area contributed by atoms with Crippen molar-refractivity contribution in [2.24, 2.45) is 10.7 Å². The molecule has 2 aromatic carbocycles. The smallest absolute Gasteiger partial charge is 0.274 e. The second kappa shape index (κ2) is 6.79. The van der Waals surface area contributed by atoms with Crippen LogP contribution < -0.4 is 11.1 Å². The molecule has 1 aromatic heterocycles. The van der Waals surface area contributed by atoms with Crippen molar-refractivity contribution < 1.29 is 4.79 Å². The van der Waals surface area contributed by atoms with Crippen LogP contribution in [0.15, 0.2) is 65.7 Å². The summed E-state index contributed by atoms with van der Waals surface area (Å²) in [4.78, 5) is 19.4. The monoisotopic (exact) mass is 306 g/mol. The number of rotatable bonds is 4. The first-order chi connectivity index (χ1) is 11.2. The lowest BCUT2D eigenvalue weighted by Gasteiger charge is -2.03. The van der Waals surface area contributed by atoms with Gasteiger partial charge in [0.2, 0.25) is 0 Å². The third-order valence-corrected chi connectivity index (χ3v) is 3.54. The van der Waals surface area contributed by atoms with Crippen molar-refractivity contribution in [3.8, 4) is 0 Å². The Kier molecular flexibility index (Phi) is 4.38. The Bertz CT molecular complexity index is 803. The van der Waals surface area contributed by atoms with Crippen LogP contribution in [0.25, 0.3) is 10.9 Å². The third-order valence-electron chi connectivity index (χ3n) is 3.54. The van der Waals surface area contributed by atoms with Gasteiger partial charge in [-0.3, -0.25) is 15.1 Å². The van der Waals surface area contributed by atoms with E-state index in [1.165, 1.54) is 5.56 Å². The Balaban J connectivity index is 1.59. The molecule has 0 spiro atoms. The fourth-order valence-corrected chi connectivity index (χ4v) is 2.37. The minimum atomic E-state index is -0.290. The van der Waals surface area contributed by atoms with E-state index < -0.39 is 0 Å². The second-order valence-electron chi connectivity index (χ2n) is 5.23. The Morgan fingerprint density at radius 2 is 1.83 bits per heavy atom. The number of H-pyrrole nitrogens is 1. The Morgan fingerprint density at radius 3 is 2.61 bits per heavy atom. The average molecular weight is 306 g/mol. The highest BCUT2D eigenvalue weighted by molar-refractivity contribution is 6.06. The zero-order valence-corrected chi connectivity index (χ0v) is 12.6. The number of nitrogens with one attached hydrogen (secondary N) is 2. The SMILES string of the molecule is NC(=NCCc1ccccc1)NC(=O)c1cc2ccccc2[nH]1. The molecule has 0 fully saturated rings. The molecule has 3 aromatic rings. The zero-order valence-electron chi connectivity index (χ0n) is 12.6. The molecule has 0 bridgehead atoms. The number of amides is 1. The van der Waals surface area contributed by atoms with E-state index in [1.54, 1.807) is 6.07 Å². The molecular formula is C18H18N4O. The summed E-state index contributed by atoms with van der Waals surface area (Å²) in [5.74, 6) is -0.160. The zero-order chi connectivity index (χ0) is 16.1. The molecular weight excluding hydrogens is 288 g/mol. The van der Waals surface area contributed by atoms with E-state index in [-0.39, 0.29) is 11.9 Å². The highest BCUT2D eigenvalue weighted by Crippen LogP contribution is 2.14. The van der Waals surface area contributed by atoms with Crippen molar-refractivity contribution in [1.29, 1.82) is 0 Å². The largest absolute Gasteiger partial charge is 0.370 e. The first-order valence-electron chi connectivity index (χ1n) is 7.45. The number of carbonyl (C=O) groups excluding carboxylic acids is 1. The van der Waals surface area contributed by atoms with E-state index in [1.807, 2.05) is 54.6 Å². The molecule has 0 radical (unpaired) electrons. The van der Waals surface area contributed by atoms with Crippen LogP contribution in [0.2, 0.25) is 0 Å². The Morgan fingerprint density at radius 1 is 1.09 bits per heavy atom. The van der Waals surface area contributed by atoms with Crippen LogP contribution in [0.3, 0.4) is 0 Å². The number of aliphatic imine (C=N–C) groups is 1. The number of aromatic nitrogens is 1. The summed E-state index contributed by atoms with van der Waals surface area (Å²) in [6, 6.07) is 19.5. The number of fused-ring (bicyclic) bond motifs is 1. The summed E-state index contributed by atoms with van der Waals surface area (Å²) in [6.45, 7) is 0.531. The molecule has 116 valence electrons. The number of para-hydroxylation sites is 1. The van der Waals surface area contributed by atoms with Crippen LogP contribution in [-0.2, 0) is 6.42 Å². The van der Waals surface area contributed by atoms with Crippen LogP contribution >= 0.6 is 0 Å². The molecule has 0 saturated heterocycles. The van der Waals surface area contributed by atoms with E-state index in [4.69, 9.17) is 5.73 Å². The van der Waals surface area contributed by atoms with Crippen molar-refractivity contribution in [2.45, 2.75) is 6.42 Å². The quantitative estimate of drug-likeness (QED) is 0.511. The summed E-state index contributed by atoms with van der Waals surface area (Å²) in [5.41, 5.74) is 8.34. The van der Waals surface area contributed by atoms with Crippen molar-refractivity contribution in [2.75, 3.05) is 6.54 Å². The van der Waals surface area contributed by atoms with Gasteiger partial charge in [-0.2, -0.15) is 0 Å². The van der Waals surface area contributed by atoms with Gasteiger partial charge in [0.05, 0.1) is 0 Å². The maximum atomic E-state index is 12.2. The minimum absolute atomic E-state index is 0.129. The van der Waals surface area contributed by atoms with Gasteiger partial charge >= 0.3 is 0 Å². The summed E-state index contributed by atoms with van der Waals surface area (Å²) in [7, 11) is 0. The predicted octanol–water partition coefficient (Wildman–Crippen LogP) is 2.46. The third kappa shape index (κ3) is 3.77. The second-order valence-corrected chi connectivity index (χ2v) is 5.23. The van der Waals surface area contributed by atoms with Crippen molar-refractivity contribution in [1.82, 2.24) is 10.3 Å². The molecule has 5 heteroatoms. The molecule has 5 nitrogen and oxygen atoms in total. The number of hydrogen-bond acceptors (Lipinski definition) is 2. The van der Waals surface area contributed by atoms with Crippen LogP contribution in [0.4, 0.5) is 0 Å². The van der Waals surface area contributed by atoms with Gasteiger partial charge in [-0.05, 0) is 24.1 Å². The minimum Gasteiger partial charge on any atom is -0.370 e. The molecule has 0 aliphatic heterocycles. The predicted molar refractivity (Wildman–Crippen MR) is 92.4 cm³/mol. The molecule has 1 heterocycles. The molecule has 0 atom stereocenters. The average Bonchev–Trinajstić information content (AvgIpc) is 3.00. The van der Waals surface area contributed by atoms with E-state index in [0.717, 1.165) is 17.3 Å². The van der Waals surface area contributed by atoms with Gasteiger partial charge in [0.15, 0.2) is 5.96 Å². The molecule has 0 aliphatic rings. The lowest BCUT2D eigenvalue weighted by molar-refractivity contribution is 0.0972. The van der Waals surface area contributed by atoms with Gasteiger partial charge in [0.25, 0.3) is 5.91 Å². The van der Waals surface area contributed by atoms with Gasteiger partial charge in [0, 0.05) is 17.4 Å². The normalized spacial score (nSPS) is 11.6. The van der Waals surface area contributed by atoms with Crippen molar-refractivity contribution in [3.05, 3.63) is 71.9 Å². The fraction of sp³-hybridized carbons (Fsp3) is 0.111. The summed E-state index contributed by atoms with van der Waals surface area (Å²) in [6.07, 6.45) is 0.782. The van der Waals surface area contributed by atoms with Crippen molar-refractivity contribution in [3.63, 3.8) is 0 Å². The molecule has 23 heavy (non-hydrogen) atoms. The number of guanidine groups is 1. The highest BCUT2D eigenvalue weighted by Gasteiger charge is 2.09. The topological polar surface area (TPSA) is 83.3 Å². The number of nitrogens with zero attached hydrogens (tertiary/aromatic N) is 1. The van der Waals surface area contributed by atoms with E-state index >= 15 is 0 Å². The van der Waals surface area contributed by atoms with Gasteiger partial charge in [-0.1, -0.05) is 48.5 Å². The molecule has 4 N–H and O–H groups in total. The number of carbonyl (C=O) groups is 1. The van der Waals surface area contributed by atoms with Crippen molar-refractivity contribution >= 4 is 22.8 Å². The van der Waals surface area contributed by atoms with Crippen LogP contribution in [0, 0.1) is 0 Å². The van der Waals surface area contributed by atoms with Crippen LogP contribution in [0.5, 0.6) is 0 Å². The van der Waals surface area contributed by atoms with Gasteiger partial charge < -0.3 is 10.7 Å². The van der Waals surface area contributed by atoms with Gasteiger partial charge in [-0.15, -0.1) is 0 Å². The number of benzene rings is 2. The summed E-state index contributed by atoms with van der Waals surface area (Å²) in [5, 5.41) is 3.58. The van der Waals surface area contributed by atoms with E-state index in [0.29, 0.717) is 12.2 Å². The number of hydrogen-bond donors (Lipinski definition) is 3. The molecule has 1 amide bonds. The van der Waals surface area contributed by atoms with E-state index in [2.05, 4.69) is 15.3 Å².